The number of hydrogen-bond donors (Lipinski definition) is 0. The first kappa shape index (κ1) is 15.9. The van der Waals surface area contributed by atoms with Gasteiger partial charge in [0.15, 0.2) is 0 Å². The summed E-state index contributed by atoms with van der Waals surface area (Å²) in [6.45, 7) is 0. The molecule has 1 aromatic heterocycles. The lowest BCUT2D eigenvalue weighted by Crippen LogP contribution is -2.19. The molecule has 4 rings (SSSR count). The molecule has 118 valence electrons. The van der Waals surface area contributed by atoms with E-state index in [0.29, 0.717) is 16.1 Å². The fourth-order valence-corrected chi connectivity index (χ4v) is 3.87. The Morgan fingerprint density at radius 1 is 0.833 bits per heavy atom. The average molecular weight is 464 g/mol. The van der Waals surface area contributed by atoms with Crippen molar-refractivity contribution in [2.45, 2.75) is 0 Å². The first-order valence-electron chi connectivity index (χ1n) is 7.25. The average Bonchev–Trinajstić information content (AvgIpc) is 2.58. The molecule has 0 atom stereocenters. The molecule has 2 nitrogen and oxygen atoms in total. The van der Waals surface area contributed by atoms with Crippen molar-refractivity contribution in [3.05, 3.63) is 85.0 Å². The van der Waals surface area contributed by atoms with Crippen molar-refractivity contribution in [2.24, 2.45) is 0 Å². The second-order valence-corrected chi connectivity index (χ2v) is 7.57. The zero-order valence-electron chi connectivity index (χ0n) is 12.3. The minimum Gasteiger partial charge on any atom is -0.275 e. The quantitative estimate of drug-likeness (QED) is 0.303. The fraction of sp³-hybridized carbons (Fsp3) is 0. The molecule has 0 unspecified atom stereocenters. The molecule has 0 bridgehead atoms. The van der Waals surface area contributed by atoms with E-state index in [-0.39, 0.29) is 5.56 Å². The number of nitrogens with zero attached hydrogens (tertiary/aromatic N) is 1. The lowest BCUT2D eigenvalue weighted by Gasteiger charge is -2.15. The SMILES string of the molecule is O=c1c2ccccc2c2ccc(Br)cc2n1-c1cccc(Br)c1Cl. The highest BCUT2D eigenvalue weighted by Crippen LogP contribution is 2.32. The molecule has 0 N–H and O–H groups in total. The third kappa shape index (κ3) is 2.41. The molecule has 0 aliphatic heterocycles. The van der Waals surface area contributed by atoms with Crippen molar-refractivity contribution in [3.8, 4) is 5.69 Å². The van der Waals surface area contributed by atoms with Gasteiger partial charge in [0.25, 0.3) is 5.56 Å². The Morgan fingerprint density at radius 2 is 1.58 bits per heavy atom. The van der Waals surface area contributed by atoms with Crippen LogP contribution in [-0.2, 0) is 0 Å². The molecule has 0 saturated heterocycles. The summed E-state index contributed by atoms with van der Waals surface area (Å²) >= 11 is 13.4. The van der Waals surface area contributed by atoms with Gasteiger partial charge in [-0.15, -0.1) is 0 Å². The summed E-state index contributed by atoms with van der Waals surface area (Å²) in [5, 5.41) is 3.12. The van der Waals surface area contributed by atoms with E-state index < -0.39 is 0 Å². The smallest absolute Gasteiger partial charge is 0.263 e. The van der Waals surface area contributed by atoms with Crippen LogP contribution in [0.15, 0.2) is 74.4 Å². The molecule has 1 heterocycles. The van der Waals surface area contributed by atoms with E-state index >= 15 is 0 Å². The summed E-state index contributed by atoms with van der Waals surface area (Å²) in [5.74, 6) is 0. The molecule has 0 aliphatic rings. The molecule has 5 heteroatoms. The number of rotatable bonds is 1. The maximum absolute atomic E-state index is 13.2. The van der Waals surface area contributed by atoms with E-state index in [1.54, 1.807) is 4.57 Å². The summed E-state index contributed by atoms with van der Waals surface area (Å²) in [4.78, 5) is 13.2. The van der Waals surface area contributed by atoms with Crippen LogP contribution >= 0.6 is 43.5 Å². The molecule has 0 saturated carbocycles. The number of benzene rings is 3. The van der Waals surface area contributed by atoms with Gasteiger partial charge in [-0.25, -0.2) is 0 Å². The normalized spacial score (nSPS) is 11.3. The third-order valence-corrected chi connectivity index (χ3v) is 5.80. The van der Waals surface area contributed by atoms with Crippen LogP contribution in [0.25, 0.3) is 27.4 Å². The van der Waals surface area contributed by atoms with Crippen LogP contribution < -0.4 is 5.56 Å². The van der Waals surface area contributed by atoms with E-state index in [1.807, 2.05) is 60.7 Å². The van der Waals surface area contributed by atoms with Gasteiger partial charge in [-0.05, 0) is 51.6 Å². The summed E-state index contributed by atoms with van der Waals surface area (Å²) in [6, 6.07) is 19.2. The monoisotopic (exact) mass is 461 g/mol. The Labute approximate surface area is 159 Å². The van der Waals surface area contributed by atoms with Gasteiger partial charge in [0.2, 0.25) is 0 Å². The van der Waals surface area contributed by atoms with Crippen LogP contribution in [0, 0.1) is 0 Å². The number of pyridine rings is 1. The minimum absolute atomic E-state index is 0.0869. The first-order valence-corrected chi connectivity index (χ1v) is 9.22. The third-order valence-electron chi connectivity index (χ3n) is 4.02. The van der Waals surface area contributed by atoms with Crippen molar-refractivity contribution in [1.82, 2.24) is 4.57 Å². The molecule has 3 aromatic carbocycles. The summed E-state index contributed by atoms with van der Waals surface area (Å²) in [6.07, 6.45) is 0. The Kier molecular flexibility index (Phi) is 3.99. The Bertz CT molecular complexity index is 1170. The van der Waals surface area contributed by atoms with Crippen molar-refractivity contribution < 1.29 is 0 Å². The van der Waals surface area contributed by atoms with Gasteiger partial charge in [0.05, 0.1) is 16.2 Å². The fourth-order valence-electron chi connectivity index (χ4n) is 2.96. The maximum atomic E-state index is 13.2. The molecule has 0 spiro atoms. The predicted molar refractivity (Wildman–Crippen MR) is 107 cm³/mol. The highest BCUT2D eigenvalue weighted by molar-refractivity contribution is 9.10. The second kappa shape index (κ2) is 6.03. The summed E-state index contributed by atoms with van der Waals surface area (Å²) in [7, 11) is 0. The van der Waals surface area contributed by atoms with Crippen LogP contribution in [0.4, 0.5) is 0 Å². The molecule has 4 aromatic rings. The Balaban J connectivity index is 2.29. The van der Waals surface area contributed by atoms with Crippen molar-refractivity contribution in [3.63, 3.8) is 0 Å². The molecular formula is C19H10Br2ClNO. The van der Waals surface area contributed by atoms with Gasteiger partial charge in [-0.3, -0.25) is 9.36 Å². The van der Waals surface area contributed by atoms with Gasteiger partial charge in [0, 0.05) is 19.7 Å². The largest absolute Gasteiger partial charge is 0.275 e. The van der Waals surface area contributed by atoms with E-state index in [2.05, 4.69) is 31.9 Å². The van der Waals surface area contributed by atoms with Gasteiger partial charge in [0.1, 0.15) is 0 Å². The second-order valence-electron chi connectivity index (χ2n) is 5.42. The van der Waals surface area contributed by atoms with Crippen molar-refractivity contribution >= 4 is 65.1 Å². The highest BCUT2D eigenvalue weighted by atomic mass is 79.9. The van der Waals surface area contributed by atoms with E-state index in [1.165, 1.54) is 0 Å². The van der Waals surface area contributed by atoms with E-state index in [0.717, 1.165) is 25.2 Å². The Hall–Kier alpha value is -1.62. The van der Waals surface area contributed by atoms with Crippen molar-refractivity contribution in [2.75, 3.05) is 0 Å². The molecule has 24 heavy (non-hydrogen) atoms. The topological polar surface area (TPSA) is 22.0 Å². The lowest BCUT2D eigenvalue weighted by molar-refractivity contribution is 1.06. The number of hydrogen-bond acceptors (Lipinski definition) is 1. The van der Waals surface area contributed by atoms with Crippen LogP contribution in [0.5, 0.6) is 0 Å². The zero-order chi connectivity index (χ0) is 16.8. The van der Waals surface area contributed by atoms with Crippen LogP contribution in [0.2, 0.25) is 5.02 Å². The number of fused-ring (bicyclic) bond motifs is 3. The van der Waals surface area contributed by atoms with Gasteiger partial charge < -0.3 is 0 Å². The van der Waals surface area contributed by atoms with Crippen LogP contribution in [0.3, 0.4) is 0 Å². The van der Waals surface area contributed by atoms with E-state index in [9.17, 15) is 4.79 Å². The summed E-state index contributed by atoms with van der Waals surface area (Å²) in [5.41, 5.74) is 1.38. The number of halogens is 3. The standard InChI is InChI=1S/C19H10Br2ClNO/c20-11-8-9-13-12-4-1-2-5-14(12)19(24)23(17(13)10-11)16-7-3-6-15(21)18(16)22/h1-10H. The minimum atomic E-state index is -0.0869. The maximum Gasteiger partial charge on any atom is 0.263 e. The summed E-state index contributed by atoms with van der Waals surface area (Å²) < 4.78 is 3.34. The van der Waals surface area contributed by atoms with E-state index in [4.69, 9.17) is 11.6 Å². The number of aromatic nitrogens is 1. The molecule has 0 amide bonds. The van der Waals surface area contributed by atoms with Gasteiger partial charge in [-0.2, -0.15) is 0 Å². The highest BCUT2D eigenvalue weighted by Gasteiger charge is 2.15. The molecule has 0 aliphatic carbocycles. The first-order chi connectivity index (χ1) is 11.6. The molecule has 0 radical (unpaired) electrons. The molecular weight excluding hydrogens is 453 g/mol. The van der Waals surface area contributed by atoms with Crippen molar-refractivity contribution in [1.29, 1.82) is 0 Å². The van der Waals surface area contributed by atoms with Crippen LogP contribution in [-0.4, -0.2) is 4.57 Å². The molecule has 0 fully saturated rings. The Morgan fingerprint density at radius 3 is 2.38 bits per heavy atom. The predicted octanol–water partition coefficient (Wildman–Crippen LogP) is 6.32. The van der Waals surface area contributed by atoms with Gasteiger partial charge >= 0.3 is 0 Å². The van der Waals surface area contributed by atoms with Gasteiger partial charge in [-0.1, -0.05) is 57.9 Å². The zero-order valence-corrected chi connectivity index (χ0v) is 16.2. The van der Waals surface area contributed by atoms with Crippen LogP contribution in [0.1, 0.15) is 0 Å². The lowest BCUT2D eigenvalue weighted by atomic mass is 10.1.